The van der Waals surface area contributed by atoms with Crippen LogP contribution in [0.1, 0.15) is 0 Å². The summed E-state index contributed by atoms with van der Waals surface area (Å²) in [5.74, 6) is 0. The Bertz CT molecular complexity index is 7360. The van der Waals surface area contributed by atoms with Crippen molar-refractivity contribution in [1.82, 2.24) is 13.7 Å². The number of hydrogen-bond acceptors (Lipinski definition) is 4. The average Bonchev–Trinajstić information content (AvgIpc) is 0.912. The Morgan fingerprint density at radius 2 is 0.474 bits per heavy atom. The SMILES string of the molecule is c1ccc(-c2cc(-c3ccccc3)cc(N3c4cc5c(cc4B4c6cc7oc8ccccc8c7cc6N(c6cc(-c7ccccc7)cc(-c7ccccc7)c6)c6cc(-c7c(-n8c9ccccc9c9ccccc98)cc(-n8c9ccccc9c9ccccc98)cc7-n7c8ccccc8c8ccccc87)cc3c64)oc3ccccc35)c2)cc1. The van der Waals surface area contributed by atoms with Crippen LogP contribution in [0, 0.1) is 0 Å². The van der Waals surface area contributed by atoms with Gasteiger partial charge in [0.05, 0.1) is 50.2 Å². The van der Waals surface area contributed by atoms with Gasteiger partial charge in [0.2, 0.25) is 0 Å². The minimum Gasteiger partial charge on any atom is -0.456 e. The van der Waals surface area contributed by atoms with Crippen LogP contribution in [0.3, 0.4) is 0 Å². The zero-order valence-corrected chi connectivity index (χ0v) is 62.7. The topological polar surface area (TPSA) is 47.6 Å². The van der Waals surface area contributed by atoms with E-state index < -0.39 is 6.71 Å². The molecule has 18 aromatic carbocycles. The summed E-state index contributed by atoms with van der Waals surface area (Å²) in [6.45, 7) is -0.398. The van der Waals surface area contributed by atoms with Crippen molar-refractivity contribution in [2.45, 2.75) is 0 Å². The van der Waals surface area contributed by atoms with E-state index >= 15 is 0 Å². The molecule has 0 spiro atoms. The number of hydrogen-bond donors (Lipinski definition) is 0. The molecule has 0 atom stereocenters. The predicted octanol–water partition coefficient (Wildman–Crippen LogP) is 27.2. The highest BCUT2D eigenvalue weighted by Gasteiger charge is 2.46. The molecule has 0 bridgehead atoms. The van der Waals surface area contributed by atoms with Gasteiger partial charge in [-0.25, -0.2) is 0 Å². The second-order valence-corrected chi connectivity index (χ2v) is 31.0. The van der Waals surface area contributed by atoms with Gasteiger partial charge in [-0.1, -0.05) is 267 Å². The van der Waals surface area contributed by atoms with Crippen molar-refractivity contribution >= 4 is 167 Å². The Hall–Kier alpha value is -15.4. The third-order valence-electron chi connectivity index (χ3n) is 24.7. The Balaban J connectivity index is 0.908. The van der Waals surface area contributed by atoms with Crippen LogP contribution in [0.5, 0.6) is 0 Å². The Morgan fingerprint density at radius 1 is 0.181 bits per heavy atom. The molecule has 7 heterocycles. The van der Waals surface area contributed by atoms with Gasteiger partial charge in [0.15, 0.2) is 0 Å². The lowest BCUT2D eigenvalue weighted by Crippen LogP contribution is -2.61. The molecule has 2 aliphatic rings. The fraction of sp³-hybridized carbons (Fsp3) is 0. The van der Waals surface area contributed by atoms with Gasteiger partial charge < -0.3 is 32.3 Å². The summed E-state index contributed by atoms with van der Waals surface area (Å²) in [5.41, 5.74) is 33.4. The monoisotopic (exact) mass is 1480 g/mol. The van der Waals surface area contributed by atoms with E-state index in [1.807, 2.05) is 0 Å². The van der Waals surface area contributed by atoms with Crippen LogP contribution in [0.15, 0.2) is 409 Å². The number of rotatable bonds is 10. The first-order valence-corrected chi connectivity index (χ1v) is 39.9. The molecule has 0 aliphatic carbocycles. The molecule has 0 radical (unpaired) electrons. The van der Waals surface area contributed by atoms with Gasteiger partial charge in [0, 0.05) is 93.6 Å². The quantitative estimate of drug-likeness (QED) is 0.128. The van der Waals surface area contributed by atoms with Crippen LogP contribution >= 0.6 is 0 Å². The van der Waals surface area contributed by atoms with E-state index in [1.165, 1.54) is 32.3 Å². The van der Waals surface area contributed by atoms with E-state index in [9.17, 15) is 0 Å². The molecule has 0 N–H and O–H groups in total. The van der Waals surface area contributed by atoms with E-state index in [4.69, 9.17) is 8.83 Å². The van der Waals surface area contributed by atoms with Crippen LogP contribution < -0.4 is 26.2 Å². The third-order valence-corrected chi connectivity index (χ3v) is 24.7. The first kappa shape index (κ1) is 64.3. The van der Waals surface area contributed by atoms with E-state index in [-0.39, 0.29) is 0 Å². The van der Waals surface area contributed by atoms with Crippen molar-refractivity contribution in [2.75, 3.05) is 9.80 Å². The summed E-state index contributed by atoms with van der Waals surface area (Å²) < 4.78 is 22.0. The van der Waals surface area contributed by atoms with E-state index in [0.29, 0.717) is 0 Å². The summed E-state index contributed by atoms with van der Waals surface area (Å²) in [7, 11) is 0. The van der Waals surface area contributed by atoms with Crippen LogP contribution in [-0.4, -0.2) is 20.4 Å². The van der Waals surface area contributed by atoms with Gasteiger partial charge in [-0.2, -0.15) is 0 Å². The van der Waals surface area contributed by atoms with Crippen molar-refractivity contribution in [1.29, 1.82) is 0 Å². The van der Waals surface area contributed by atoms with Gasteiger partial charge in [-0.05, 0) is 200 Å². The Labute approximate surface area is 667 Å². The van der Waals surface area contributed by atoms with E-state index in [0.717, 1.165) is 200 Å². The zero-order valence-electron chi connectivity index (χ0n) is 62.7. The van der Waals surface area contributed by atoms with Crippen LogP contribution in [-0.2, 0) is 0 Å². The second-order valence-electron chi connectivity index (χ2n) is 31.0. The Morgan fingerprint density at radius 3 is 0.810 bits per heavy atom. The fourth-order valence-electron chi connectivity index (χ4n) is 19.7. The normalized spacial score (nSPS) is 12.6. The summed E-state index contributed by atoms with van der Waals surface area (Å²) in [5, 5.41) is 11.2. The minimum absolute atomic E-state index is 0.398. The molecule has 0 fully saturated rings. The molecule has 0 saturated carbocycles. The lowest BCUT2D eigenvalue weighted by molar-refractivity contribution is 0.669. The molecular formula is C108H66BN5O2. The maximum absolute atomic E-state index is 7.17. The molecule has 2 aliphatic heterocycles. The lowest BCUT2D eigenvalue weighted by atomic mass is 9.33. The summed E-state index contributed by atoms with van der Waals surface area (Å²) in [6, 6.07) is 149. The molecule has 5 aromatic heterocycles. The fourth-order valence-corrected chi connectivity index (χ4v) is 19.7. The third kappa shape index (κ3) is 9.62. The molecule has 0 saturated heterocycles. The number of furan rings is 2. The summed E-state index contributed by atoms with van der Waals surface area (Å²) >= 11 is 0. The van der Waals surface area contributed by atoms with Crippen molar-refractivity contribution in [2.24, 2.45) is 0 Å². The predicted molar refractivity (Wildman–Crippen MR) is 485 cm³/mol. The number of para-hydroxylation sites is 8. The van der Waals surface area contributed by atoms with Gasteiger partial charge in [0.25, 0.3) is 6.71 Å². The van der Waals surface area contributed by atoms with Gasteiger partial charge >= 0.3 is 0 Å². The molecule has 8 heteroatoms. The molecule has 25 rings (SSSR count). The highest BCUT2D eigenvalue weighted by molar-refractivity contribution is 7.00. The minimum atomic E-state index is -0.398. The molecule has 0 amide bonds. The van der Waals surface area contributed by atoms with Crippen molar-refractivity contribution in [3.8, 4) is 72.7 Å². The number of anilines is 6. The van der Waals surface area contributed by atoms with Crippen LogP contribution in [0.25, 0.3) is 182 Å². The van der Waals surface area contributed by atoms with Crippen molar-refractivity contribution in [3.63, 3.8) is 0 Å². The molecular weight excluding hydrogens is 1410 g/mol. The first-order valence-electron chi connectivity index (χ1n) is 39.9. The standard InChI is InChI=1S/C108H66BN5O2/c1-5-29-67(30-6-1)71-53-72(68-31-7-2-8-32-68)56-76(55-71)111-97-63-87-85-43-19-27-51-103(85)115-105(87)65-89(97)109-90-66-106-88(86-44-20-28-52-104(86)116-106)64-98(90)112(77-57-73(69-33-9-3-10-34-69)54-74(58-77)70-35-11-4-12-36-70)102-60-75(59-101(111)108(102)109)107-99(113-93-47-23-15-39-81(93)82-40-16-24-48-94(82)113)61-78(110-91-45-21-13-37-79(91)80-38-14-22-46-92(80)110)62-100(107)114-95-49-25-17-41-83(95)84-42-18-26-50-96(84)114/h1-66H. The van der Waals surface area contributed by atoms with Crippen molar-refractivity contribution in [3.05, 3.63) is 400 Å². The number of benzene rings is 18. The number of fused-ring (bicyclic) bond motifs is 19. The Kier molecular flexibility index (Phi) is 13.9. The molecule has 116 heavy (non-hydrogen) atoms. The second kappa shape index (κ2) is 25.1. The van der Waals surface area contributed by atoms with E-state index in [1.54, 1.807) is 0 Å². The average molecular weight is 1480 g/mol. The van der Waals surface area contributed by atoms with Gasteiger partial charge in [-0.3, -0.25) is 0 Å². The zero-order chi connectivity index (χ0) is 75.8. The number of aromatic nitrogens is 3. The van der Waals surface area contributed by atoms with Crippen LogP contribution in [0.4, 0.5) is 34.1 Å². The first-order chi connectivity index (χ1) is 57.5. The molecule has 23 aromatic rings. The molecule has 0 unspecified atom stereocenters. The smallest absolute Gasteiger partial charge is 0.252 e. The van der Waals surface area contributed by atoms with E-state index in [2.05, 4.69) is 424 Å². The summed E-state index contributed by atoms with van der Waals surface area (Å²) in [4.78, 5) is 5.25. The maximum Gasteiger partial charge on any atom is 0.252 e. The molecule has 7 nitrogen and oxygen atoms in total. The number of nitrogens with zero attached hydrogens (tertiary/aromatic N) is 5. The van der Waals surface area contributed by atoms with Crippen molar-refractivity contribution < 1.29 is 8.83 Å². The highest BCUT2D eigenvalue weighted by atomic mass is 16.3. The van der Waals surface area contributed by atoms with Crippen LogP contribution in [0.2, 0.25) is 0 Å². The maximum atomic E-state index is 7.17. The largest absolute Gasteiger partial charge is 0.456 e. The molecule has 538 valence electrons. The van der Waals surface area contributed by atoms with Gasteiger partial charge in [0.1, 0.15) is 22.3 Å². The summed E-state index contributed by atoms with van der Waals surface area (Å²) in [6.07, 6.45) is 0. The highest BCUT2D eigenvalue weighted by Crippen LogP contribution is 2.54. The lowest BCUT2D eigenvalue weighted by Gasteiger charge is -2.44. The van der Waals surface area contributed by atoms with Gasteiger partial charge in [-0.15, -0.1) is 0 Å².